The van der Waals surface area contributed by atoms with E-state index in [-0.39, 0.29) is 23.8 Å². The minimum absolute atomic E-state index is 0.0931. The summed E-state index contributed by atoms with van der Waals surface area (Å²) in [5.41, 5.74) is 1.67. The predicted molar refractivity (Wildman–Crippen MR) is 111 cm³/mol. The number of amides is 2. The van der Waals surface area contributed by atoms with Gasteiger partial charge in [0.25, 0.3) is 5.91 Å². The molecule has 1 aromatic heterocycles. The van der Waals surface area contributed by atoms with E-state index in [1.54, 1.807) is 0 Å². The third-order valence-corrected chi connectivity index (χ3v) is 6.31. The molecule has 152 valence electrons. The summed E-state index contributed by atoms with van der Waals surface area (Å²) in [5.74, 6) is -0.209. The summed E-state index contributed by atoms with van der Waals surface area (Å²) < 4.78 is 2.02. The molecule has 0 radical (unpaired) electrons. The number of carbonyl (C=O) groups excluding carboxylic acids is 2. The second kappa shape index (κ2) is 8.28. The highest BCUT2D eigenvalue weighted by Crippen LogP contribution is 2.33. The normalized spacial score (nSPS) is 22.6. The minimum atomic E-state index is -0.400. The number of aryl methyl sites for hydroxylation is 1. The maximum atomic E-state index is 13.1. The molecule has 1 heterocycles. The number of hydrogen-bond donors (Lipinski definition) is 2. The molecule has 6 heteroatoms. The molecular formula is C23H28N4O2. The first kappa shape index (κ1) is 19.5. The smallest absolute Gasteiger partial charge is 0.268 e. The summed E-state index contributed by atoms with van der Waals surface area (Å²) in [4.78, 5) is 26.0. The van der Waals surface area contributed by atoms with E-state index in [9.17, 15) is 14.9 Å². The van der Waals surface area contributed by atoms with Crippen LogP contribution in [0.2, 0.25) is 0 Å². The Bertz CT molecular complexity index is 953. The largest absolute Gasteiger partial charge is 0.347 e. The molecule has 4 rings (SSSR count). The molecule has 2 N–H and O–H groups in total. The van der Waals surface area contributed by atoms with E-state index in [1.807, 2.05) is 41.8 Å². The molecule has 2 aromatic rings. The first-order valence-electron chi connectivity index (χ1n) is 10.7. The van der Waals surface area contributed by atoms with Crippen molar-refractivity contribution in [3.05, 3.63) is 36.0 Å². The zero-order chi connectivity index (χ0) is 20.4. The number of nitrogens with zero attached hydrogens (tertiary/aromatic N) is 2. The Hall–Kier alpha value is -2.81. The van der Waals surface area contributed by atoms with E-state index >= 15 is 0 Å². The Morgan fingerprint density at radius 1 is 1.21 bits per heavy atom. The molecule has 0 spiro atoms. The average Bonchev–Trinajstić information content (AvgIpc) is 3.51. The van der Waals surface area contributed by atoms with Gasteiger partial charge < -0.3 is 15.2 Å². The lowest BCUT2D eigenvalue weighted by molar-refractivity contribution is -0.127. The van der Waals surface area contributed by atoms with Gasteiger partial charge >= 0.3 is 0 Å². The van der Waals surface area contributed by atoms with Crippen molar-refractivity contribution in [2.75, 3.05) is 0 Å². The quantitative estimate of drug-likeness (QED) is 0.790. The van der Waals surface area contributed by atoms with Gasteiger partial charge in [0.1, 0.15) is 11.7 Å². The molecule has 3 atom stereocenters. The molecule has 1 unspecified atom stereocenters. The standard InChI is InChI=1S/C23H28N4O2/c1-2-27-20-10-6-3-7-16(20)13-21(27)23(29)25-18-9-5-4-8-17(18)22(28)26-19(14-24)15-11-12-15/h3,6-7,10,13,15,17-19H,2,4-5,8-9,11-12H2,1H3,(H,25,29)(H,26,28)/t17-,18+,19?/m1/s1. The second-order valence-corrected chi connectivity index (χ2v) is 8.26. The van der Waals surface area contributed by atoms with Crippen LogP contribution in [0.3, 0.4) is 0 Å². The van der Waals surface area contributed by atoms with Crippen LogP contribution in [0.1, 0.15) is 55.9 Å². The maximum absolute atomic E-state index is 13.1. The van der Waals surface area contributed by atoms with Crippen LogP contribution in [0, 0.1) is 23.2 Å². The van der Waals surface area contributed by atoms with Gasteiger partial charge in [0.05, 0.1) is 12.0 Å². The van der Waals surface area contributed by atoms with E-state index in [1.165, 1.54) is 0 Å². The summed E-state index contributed by atoms with van der Waals surface area (Å²) in [6.45, 7) is 2.73. The van der Waals surface area contributed by atoms with Crippen molar-refractivity contribution in [1.82, 2.24) is 15.2 Å². The Balaban J connectivity index is 1.50. The first-order chi connectivity index (χ1) is 14.1. The van der Waals surface area contributed by atoms with Gasteiger partial charge in [-0.2, -0.15) is 5.26 Å². The minimum Gasteiger partial charge on any atom is -0.347 e. The van der Waals surface area contributed by atoms with Gasteiger partial charge in [-0.25, -0.2) is 0 Å². The first-order valence-corrected chi connectivity index (χ1v) is 10.7. The fourth-order valence-corrected chi connectivity index (χ4v) is 4.54. The van der Waals surface area contributed by atoms with Crippen molar-refractivity contribution in [3.63, 3.8) is 0 Å². The molecule has 0 aliphatic heterocycles. The number of hydrogen-bond acceptors (Lipinski definition) is 3. The zero-order valence-corrected chi connectivity index (χ0v) is 16.9. The van der Waals surface area contributed by atoms with Gasteiger partial charge in [-0.05, 0) is 50.7 Å². The fourth-order valence-electron chi connectivity index (χ4n) is 4.54. The molecule has 0 saturated heterocycles. The van der Waals surface area contributed by atoms with Crippen LogP contribution in [-0.4, -0.2) is 28.5 Å². The monoisotopic (exact) mass is 392 g/mol. The molecule has 2 amide bonds. The van der Waals surface area contributed by atoms with Gasteiger partial charge in [0.15, 0.2) is 0 Å². The number of rotatable bonds is 6. The molecule has 29 heavy (non-hydrogen) atoms. The van der Waals surface area contributed by atoms with Crippen LogP contribution < -0.4 is 10.6 Å². The van der Waals surface area contributed by atoms with Gasteiger partial charge in [0.2, 0.25) is 5.91 Å². The van der Waals surface area contributed by atoms with E-state index in [0.717, 1.165) is 49.4 Å². The maximum Gasteiger partial charge on any atom is 0.268 e. The van der Waals surface area contributed by atoms with Gasteiger partial charge in [-0.15, -0.1) is 0 Å². The Morgan fingerprint density at radius 3 is 2.69 bits per heavy atom. The lowest BCUT2D eigenvalue weighted by Crippen LogP contribution is -2.50. The lowest BCUT2D eigenvalue weighted by Gasteiger charge is -2.32. The number of carbonyl (C=O) groups is 2. The topological polar surface area (TPSA) is 86.9 Å². The van der Waals surface area contributed by atoms with Crippen LogP contribution in [0.4, 0.5) is 0 Å². The molecule has 1 aromatic carbocycles. The third-order valence-electron chi connectivity index (χ3n) is 6.31. The van der Waals surface area contributed by atoms with E-state index < -0.39 is 6.04 Å². The van der Waals surface area contributed by atoms with E-state index in [4.69, 9.17) is 0 Å². The molecule has 0 bridgehead atoms. The molecule has 2 saturated carbocycles. The summed E-state index contributed by atoms with van der Waals surface area (Å²) in [6.07, 6.45) is 5.51. The molecule has 2 aliphatic rings. The molecule has 2 aliphatic carbocycles. The highest BCUT2D eigenvalue weighted by Gasteiger charge is 2.37. The van der Waals surface area contributed by atoms with E-state index in [0.29, 0.717) is 18.2 Å². The fraction of sp³-hybridized carbons (Fsp3) is 0.522. The average molecular weight is 393 g/mol. The number of fused-ring (bicyclic) bond motifs is 1. The van der Waals surface area contributed by atoms with Crippen molar-refractivity contribution in [1.29, 1.82) is 5.26 Å². The lowest BCUT2D eigenvalue weighted by atomic mass is 9.83. The van der Waals surface area contributed by atoms with Gasteiger partial charge in [-0.1, -0.05) is 31.0 Å². The number of aromatic nitrogens is 1. The summed E-state index contributed by atoms with van der Waals surface area (Å²) in [6, 6.07) is 11.5. The SMILES string of the molecule is CCn1c(C(=O)N[C@H]2CCCC[C@H]2C(=O)NC(C#N)C2CC2)cc2ccccc21. The Labute approximate surface area is 171 Å². The van der Waals surface area contributed by atoms with Crippen molar-refractivity contribution in [3.8, 4) is 6.07 Å². The number of para-hydroxylation sites is 1. The highest BCUT2D eigenvalue weighted by molar-refractivity contribution is 5.99. The second-order valence-electron chi connectivity index (χ2n) is 8.26. The van der Waals surface area contributed by atoms with Crippen molar-refractivity contribution in [2.24, 2.45) is 11.8 Å². The van der Waals surface area contributed by atoms with Crippen LogP contribution in [0.5, 0.6) is 0 Å². The Kier molecular flexibility index (Phi) is 5.57. The molecular weight excluding hydrogens is 364 g/mol. The number of nitriles is 1. The van der Waals surface area contributed by atoms with Crippen molar-refractivity contribution in [2.45, 2.75) is 64.1 Å². The molecule has 2 fully saturated rings. The third kappa shape index (κ3) is 4.00. The van der Waals surface area contributed by atoms with Crippen LogP contribution in [-0.2, 0) is 11.3 Å². The van der Waals surface area contributed by atoms with Crippen LogP contribution >= 0.6 is 0 Å². The summed E-state index contributed by atoms with van der Waals surface area (Å²) in [5, 5.41) is 16.4. The van der Waals surface area contributed by atoms with Crippen molar-refractivity contribution >= 4 is 22.7 Å². The van der Waals surface area contributed by atoms with Crippen LogP contribution in [0.25, 0.3) is 10.9 Å². The van der Waals surface area contributed by atoms with Crippen LogP contribution in [0.15, 0.2) is 30.3 Å². The number of benzene rings is 1. The van der Waals surface area contributed by atoms with E-state index in [2.05, 4.69) is 16.7 Å². The molecule has 6 nitrogen and oxygen atoms in total. The summed E-state index contributed by atoms with van der Waals surface area (Å²) >= 11 is 0. The highest BCUT2D eigenvalue weighted by atomic mass is 16.2. The predicted octanol–water partition coefficient (Wildman–Crippen LogP) is 3.37. The summed E-state index contributed by atoms with van der Waals surface area (Å²) in [7, 11) is 0. The Morgan fingerprint density at radius 2 is 1.97 bits per heavy atom. The van der Waals surface area contributed by atoms with Gasteiger partial charge in [0, 0.05) is 23.5 Å². The van der Waals surface area contributed by atoms with Crippen molar-refractivity contribution < 1.29 is 9.59 Å². The zero-order valence-electron chi connectivity index (χ0n) is 16.9. The van der Waals surface area contributed by atoms with Gasteiger partial charge in [-0.3, -0.25) is 9.59 Å². The number of nitrogens with one attached hydrogen (secondary N) is 2.